The van der Waals surface area contributed by atoms with Crippen LogP contribution in [-0.2, 0) is 6.42 Å². The van der Waals surface area contributed by atoms with Gasteiger partial charge in [-0.05, 0) is 42.7 Å². The van der Waals surface area contributed by atoms with Gasteiger partial charge in [-0.15, -0.1) is 0 Å². The van der Waals surface area contributed by atoms with Crippen LogP contribution in [0.5, 0.6) is 23.0 Å². The third-order valence-electron chi connectivity index (χ3n) is 4.54. The third-order valence-corrected chi connectivity index (χ3v) is 4.54. The van der Waals surface area contributed by atoms with Gasteiger partial charge in [0.1, 0.15) is 0 Å². The van der Waals surface area contributed by atoms with Crippen molar-refractivity contribution in [2.24, 2.45) is 0 Å². The van der Waals surface area contributed by atoms with Gasteiger partial charge in [0.2, 0.25) is 0 Å². The van der Waals surface area contributed by atoms with Gasteiger partial charge in [0, 0.05) is 12.1 Å². The Labute approximate surface area is 148 Å². The molecule has 0 saturated carbocycles. The molecule has 25 heavy (non-hydrogen) atoms. The first-order valence-corrected chi connectivity index (χ1v) is 8.51. The maximum atomic E-state index is 5.89. The summed E-state index contributed by atoms with van der Waals surface area (Å²) in [6.07, 6.45) is 0.908. The third kappa shape index (κ3) is 3.24. The highest BCUT2D eigenvalue weighted by atomic mass is 16.5. The van der Waals surface area contributed by atoms with E-state index in [2.05, 4.69) is 17.4 Å². The van der Waals surface area contributed by atoms with Gasteiger partial charge in [-0.2, -0.15) is 0 Å². The summed E-state index contributed by atoms with van der Waals surface area (Å²) in [4.78, 5) is 0. The molecule has 5 nitrogen and oxygen atoms in total. The largest absolute Gasteiger partial charge is 0.493 e. The molecular weight excluding hydrogens is 318 g/mol. The van der Waals surface area contributed by atoms with Crippen molar-refractivity contribution >= 4 is 0 Å². The van der Waals surface area contributed by atoms with Gasteiger partial charge < -0.3 is 24.3 Å². The van der Waals surface area contributed by atoms with Gasteiger partial charge in [-0.1, -0.05) is 12.1 Å². The molecule has 1 aliphatic rings. The van der Waals surface area contributed by atoms with E-state index in [0.717, 1.165) is 41.5 Å². The number of hydrogen-bond donors (Lipinski definition) is 1. The Kier molecular flexibility index (Phi) is 5.34. The molecule has 0 radical (unpaired) electrons. The minimum Gasteiger partial charge on any atom is -0.493 e. The zero-order valence-electron chi connectivity index (χ0n) is 15.2. The van der Waals surface area contributed by atoms with Crippen molar-refractivity contribution in [3.8, 4) is 23.0 Å². The fraction of sp³-hybridized carbons (Fsp3) is 0.400. The monoisotopic (exact) mass is 343 g/mol. The molecule has 1 aliphatic heterocycles. The van der Waals surface area contributed by atoms with Gasteiger partial charge in [-0.3, -0.25) is 0 Å². The number of methoxy groups -OCH3 is 3. The topological polar surface area (TPSA) is 49.0 Å². The fourth-order valence-corrected chi connectivity index (χ4v) is 3.39. The second-order valence-electron chi connectivity index (χ2n) is 5.85. The fourth-order valence-electron chi connectivity index (χ4n) is 3.39. The van der Waals surface area contributed by atoms with Crippen LogP contribution in [0.1, 0.15) is 29.7 Å². The molecule has 2 aromatic rings. The number of benzene rings is 2. The number of ether oxygens (including phenoxy) is 4. The smallest absolute Gasteiger partial charge is 0.164 e. The summed E-state index contributed by atoms with van der Waals surface area (Å²) >= 11 is 0. The molecular formula is C20H25NO4. The second kappa shape index (κ2) is 7.66. The zero-order chi connectivity index (χ0) is 17.8. The Balaban J connectivity index is 2.06. The first kappa shape index (κ1) is 17.4. The minimum absolute atomic E-state index is 0.0775. The van der Waals surface area contributed by atoms with Crippen molar-refractivity contribution in [2.45, 2.75) is 19.4 Å². The molecule has 0 aliphatic carbocycles. The molecule has 0 spiro atoms. The number of fused-ring (bicyclic) bond motifs is 1. The van der Waals surface area contributed by atoms with Crippen LogP contribution >= 0.6 is 0 Å². The number of rotatable bonds is 6. The van der Waals surface area contributed by atoms with Gasteiger partial charge in [0.25, 0.3) is 0 Å². The van der Waals surface area contributed by atoms with E-state index in [1.165, 1.54) is 11.1 Å². The Morgan fingerprint density at radius 2 is 1.68 bits per heavy atom. The Morgan fingerprint density at radius 1 is 0.960 bits per heavy atom. The molecule has 1 atom stereocenters. The molecule has 0 saturated heterocycles. The van der Waals surface area contributed by atoms with Crippen LogP contribution in [0, 0.1) is 0 Å². The molecule has 1 heterocycles. The average molecular weight is 343 g/mol. The lowest BCUT2D eigenvalue weighted by Crippen LogP contribution is -2.31. The zero-order valence-corrected chi connectivity index (χ0v) is 15.2. The van der Waals surface area contributed by atoms with Gasteiger partial charge in [-0.25, -0.2) is 0 Å². The van der Waals surface area contributed by atoms with Crippen LogP contribution in [-0.4, -0.2) is 34.5 Å². The SMILES string of the molecule is CCOc1c(OC)ccc2c1CCNC2c1ccc(OC)c(OC)c1. The molecule has 2 aromatic carbocycles. The maximum absolute atomic E-state index is 5.89. The normalized spacial score (nSPS) is 16.1. The van der Waals surface area contributed by atoms with Crippen molar-refractivity contribution in [1.29, 1.82) is 0 Å². The molecule has 0 bridgehead atoms. The highest BCUT2D eigenvalue weighted by Crippen LogP contribution is 2.41. The molecule has 1 unspecified atom stereocenters. The standard InChI is InChI=1S/C20H25NO4/c1-5-25-20-15-10-11-21-19(14(15)7-9-17(20)23-3)13-6-8-16(22-2)18(12-13)24-4/h6-9,12,19,21H,5,10-11H2,1-4H3. The average Bonchev–Trinajstić information content (AvgIpc) is 2.67. The summed E-state index contributed by atoms with van der Waals surface area (Å²) in [6.45, 7) is 3.48. The Bertz CT molecular complexity index is 745. The first-order chi connectivity index (χ1) is 12.2. The molecule has 1 N–H and O–H groups in total. The number of hydrogen-bond acceptors (Lipinski definition) is 5. The molecule has 5 heteroatoms. The summed E-state index contributed by atoms with van der Waals surface area (Å²) in [5, 5.41) is 3.59. The highest BCUT2D eigenvalue weighted by molar-refractivity contribution is 5.55. The summed E-state index contributed by atoms with van der Waals surface area (Å²) in [7, 11) is 4.98. The van der Waals surface area contributed by atoms with Gasteiger partial charge >= 0.3 is 0 Å². The lowest BCUT2D eigenvalue weighted by atomic mass is 9.89. The second-order valence-corrected chi connectivity index (χ2v) is 5.85. The summed E-state index contributed by atoms with van der Waals surface area (Å²) in [6, 6.07) is 10.2. The van der Waals surface area contributed by atoms with E-state index in [4.69, 9.17) is 18.9 Å². The van der Waals surface area contributed by atoms with E-state index in [-0.39, 0.29) is 6.04 Å². The van der Waals surface area contributed by atoms with Crippen molar-refractivity contribution in [3.63, 3.8) is 0 Å². The lowest BCUT2D eigenvalue weighted by Gasteiger charge is -2.30. The Morgan fingerprint density at radius 3 is 2.36 bits per heavy atom. The van der Waals surface area contributed by atoms with E-state index in [9.17, 15) is 0 Å². The Hall–Kier alpha value is -2.40. The lowest BCUT2D eigenvalue weighted by molar-refractivity contribution is 0.305. The summed E-state index contributed by atoms with van der Waals surface area (Å²) < 4.78 is 22.2. The maximum Gasteiger partial charge on any atom is 0.164 e. The minimum atomic E-state index is 0.0775. The predicted molar refractivity (Wildman–Crippen MR) is 97.3 cm³/mol. The molecule has 134 valence electrons. The van der Waals surface area contributed by atoms with E-state index < -0.39 is 0 Å². The van der Waals surface area contributed by atoms with Crippen LogP contribution in [0.15, 0.2) is 30.3 Å². The number of nitrogens with one attached hydrogen (secondary N) is 1. The van der Waals surface area contributed by atoms with Crippen LogP contribution in [0.2, 0.25) is 0 Å². The molecule has 3 rings (SSSR count). The van der Waals surface area contributed by atoms with Crippen LogP contribution in [0.3, 0.4) is 0 Å². The van der Waals surface area contributed by atoms with Crippen LogP contribution < -0.4 is 24.3 Å². The quantitative estimate of drug-likeness (QED) is 0.872. The van der Waals surface area contributed by atoms with E-state index in [1.807, 2.05) is 25.1 Å². The summed E-state index contributed by atoms with van der Waals surface area (Å²) in [5.41, 5.74) is 3.55. The first-order valence-electron chi connectivity index (χ1n) is 8.51. The van der Waals surface area contributed by atoms with Gasteiger partial charge in [0.15, 0.2) is 23.0 Å². The highest BCUT2D eigenvalue weighted by Gasteiger charge is 2.26. The summed E-state index contributed by atoms with van der Waals surface area (Å²) in [5.74, 6) is 3.10. The van der Waals surface area contributed by atoms with Crippen molar-refractivity contribution in [2.75, 3.05) is 34.5 Å². The predicted octanol–water partition coefficient (Wildman–Crippen LogP) is 3.35. The van der Waals surface area contributed by atoms with Crippen molar-refractivity contribution in [1.82, 2.24) is 5.32 Å². The van der Waals surface area contributed by atoms with E-state index >= 15 is 0 Å². The van der Waals surface area contributed by atoms with Crippen LogP contribution in [0.4, 0.5) is 0 Å². The van der Waals surface area contributed by atoms with Crippen LogP contribution in [0.25, 0.3) is 0 Å². The molecule has 0 fully saturated rings. The van der Waals surface area contributed by atoms with Crippen molar-refractivity contribution in [3.05, 3.63) is 47.0 Å². The van der Waals surface area contributed by atoms with Crippen molar-refractivity contribution < 1.29 is 18.9 Å². The van der Waals surface area contributed by atoms with E-state index in [0.29, 0.717) is 6.61 Å². The van der Waals surface area contributed by atoms with Gasteiger partial charge in [0.05, 0.1) is 34.0 Å². The van der Waals surface area contributed by atoms with E-state index in [1.54, 1.807) is 21.3 Å². The molecule has 0 aromatic heterocycles. The molecule has 0 amide bonds.